The van der Waals surface area contributed by atoms with Crippen LogP contribution < -0.4 is 10.6 Å². The molecule has 0 aliphatic heterocycles. The van der Waals surface area contributed by atoms with E-state index in [0.29, 0.717) is 11.5 Å². The Labute approximate surface area is 145 Å². The second kappa shape index (κ2) is 5.77. The molecule has 4 bridgehead atoms. The second-order valence-corrected chi connectivity index (χ2v) is 8.82. The fourth-order valence-corrected chi connectivity index (χ4v) is 6.22. The Balaban J connectivity index is 1.43. The highest BCUT2D eigenvalue weighted by Crippen LogP contribution is 2.61. The normalized spacial score (nSPS) is 35.8. The maximum atomic E-state index is 5.60. The van der Waals surface area contributed by atoms with Crippen LogP contribution >= 0.6 is 12.2 Å². The van der Waals surface area contributed by atoms with Crippen LogP contribution in [-0.4, -0.2) is 11.2 Å². The van der Waals surface area contributed by atoms with Crippen molar-refractivity contribution in [3.8, 4) is 0 Å². The van der Waals surface area contributed by atoms with Gasteiger partial charge in [0.1, 0.15) is 0 Å². The quantitative estimate of drug-likeness (QED) is 0.773. The van der Waals surface area contributed by atoms with Gasteiger partial charge in [-0.2, -0.15) is 0 Å². The molecule has 1 aromatic rings. The predicted molar refractivity (Wildman–Crippen MR) is 101 cm³/mol. The van der Waals surface area contributed by atoms with Crippen molar-refractivity contribution in [2.75, 3.05) is 5.32 Å². The smallest absolute Gasteiger partial charge is 0.171 e. The summed E-state index contributed by atoms with van der Waals surface area (Å²) in [5.41, 5.74) is 2.84. The Morgan fingerprint density at radius 2 is 1.65 bits per heavy atom. The van der Waals surface area contributed by atoms with Crippen LogP contribution in [0.2, 0.25) is 0 Å². The monoisotopic (exact) mass is 328 g/mol. The Morgan fingerprint density at radius 3 is 2.22 bits per heavy atom. The summed E-state index contributed by atoms with van der Waals surface area (Å²) in [6.07, 6.45) is 8.74. The highest BCUT2D eigenvalue weighted by molar-refractivity contribution is 7.80. The van der Waals surface area contributed by atoms with E-state index in [1.54, 1.807) is 0 Å². The molecule has 124 valence electrons. The van der Waals surface area contributed by atoms with Crippen LogP contribution in [0.3, 0.4) is 0 Å². The molecule has 4 fully saturated rings. The van der Waals surface area contributed by atoms with Crippen molar-refractivity contribution in [1.82, 2.24) is 5.32 Å². The van der Waals surface area contributed by atoms with E-state index >= 15 is 0 Å². The Hall–Kier alpha value is -1.09. The highest BCUT2D eigenvalue weighted by atomic mass is 32.1. The minimum Gasteiger partial charge on any atom is -0.359 e. The molecule has 0 saturated heterocycles. The summed E-state index contributed by atoms with van der Waals surface area (Å²) < 4.78 is 0. The summed E-state index contributed by atoms with van der Waals surface area (Å²) >= 11 is 5.60. The van der Waals surface area contributed by atoms with Crippen LogP contribution in [0.1, 0.15) is 51.0 Å². The number of benzene rings is 1. The first-order chi connectivity index (χ1) is 11.0. The van der Waals surface area contributed by atoms with Gasteiger partial charge in [-0.25, -0.2) is 0 Å². The van der Waals surface area contributed by atoms with E-state index < -0.39 is 0 Å². The first-order valence-corrected chi connectivity index (χ1v) is 9.58. The van der Waals surface area contributed by atoms with Crippen LogP contribution in [0.15, 0.2) is 24.3 Å². The molecule has 3 heteroatoms. The molecule has 0 radical (unpaired) electrons. The number of aryl methyl sites for hydroxylation is 1. The van der Waals surface area contributed by atoms with Gasteiger partial charge < -0.3 is 10.6 Å². The van der Waals surface area contributed by atoms with Gasteiger partial charge in [-0.15, -0.1) is 0 Å². The number of para-hydroxylation sites is 1. The third kappa shape index (κ3) is 2.88. The van der Waals surface area contributed by atoms with Crippen molar-refractivity contribution >= 4 is 23.0 Å². The zero-order chi connectivity index (χ0) is 16.0. The van der Waals surface area contributed by atoms with Gasteiger partial charge >= 0.3 is 0 Å². The van der Waals surface area contributed by atoms with Crippen LogP contribution in [0, 0.1) is 30.1 Å². The molecule has 1 unspecified atom stereocenters. The van der Waals surface area contributed by atoms with Crippen molar-refractivity contribution in [2.24, 2.45) is 23.2 Å². The number of thiocarbonyl (C=S) groups is 1. The number of hydrogen-bond donors (Lipinski definition) is 2. The zero-order valence-corrected chi connectivity index (χ0v) is 15.1. The predicted octanol–water partition coefficient (Wildman–Crippen LogP) is 4.89. The third-order valence-electron chi connectivity index (χ3n) is 6.75. The van der Waals surface area contributed by atoms with Crippen molar-refractivity contribution in [3.05, 3.63) is 29.8 Å². The Kier molecular flexibility index (Phi) is 3.87. The van der Waals surface area contributed by atoms with Crippen LogP contribution in [0.25, 0.3) is 0 Å². The van der Waals surface area contributed by atoms with Gasteiger partial charge in [-0.3, -0.25) is 0 Å². The van der Waals surface area contributed by atoms with Crippen LogP contribution in [0.4, 0.5) is 5.69 Å². The molecule has 4 aliphatic rings. The first kappa shape index (κ1) is 15.4. The van der Waals surface area contributed by atoms with Crippen molar-refractivity contribution in [1.29, 1.82) is 0 Å². The van der Waals surface area contributed by atoms with Crippen LogP contribution in [0.5, 0.6) is 0 Å². The number of anilines is 1. The van der Waals surface area contributed by atoms with E-state index in [4.69, 9.17) is 12.2 Å². The molecule has 4 aliphatic carbocycles. The minimum atomic E-state index is 0.472. The van der Waals surface area contributed by atoms with Crippen molar-refractivity contribution in [3.63, 3.8) is 0 Å². The van der Waals surface area contributed by atoms with Gasteiger partial charge in [0.15, 0.2) is 5.11 Å². The second-order valence-electron chi connectivity index (χ2n) is 8.41. The fourth-order valence-electron chi connectivity index (χ4n) is 5.93. The first-order valence-electron chi connectivity index (χ1n) is 9.17. The molecule has 23 heavy (non-hydrogen) atoms. The minimum absolute atomic E-state index is 0.472. The average molecular weight is 329 g/mol. The molecule has 1 atom stereocenters. The molecular weight excluding hydrogens is 300 g/mol. The molecule has 2 nitrogen and oxygen atoms in total. The molecule has 0 heterocycles. The molecule has 0 aromatic heterocycles. The lowest BCUT2D eigenvalue weighted by Crippen LogP contribution is -2.56. The fraction of sp³-hybridized carbons (Fsp3) is 0.650. The summed E-state index contributed by atoms with van der Waals surface area (Å²) in [5.74, 6) is 2.97. The highest BCUT2D eigenvalue weighted by Gasteiger charge is 2.53. The van der Waals surface area contributed by atoms with Gasteiger partial charge in [-0.05, 0) is 99.4 Å². The van der Waals surface area contributed by atoms with Gasteiger partial charge in [0.25, 0.3) is 0 Å². The van der Waals surface area contributed by atoms with Gasteiger partial charge in [0.2, 0.25) is 0 Å². The van der Waals surface area contributed by atoms with Gasteiger partial charge in [-0.1, -0.05) is 18.2 Å². The lowest BCUT2D eigenvalue weighted by molar-refractivity contribution is -0.0671. The molecule has 0 spiro atoms. The number of rotatable bonds is 3. The standard InChI is InChI=1S/C20H28N2S/c1-13-5-3-4-6-18(13)22-19(23)21-14(2)20-10-15-7-16(11-20)9-17(8-15)12-20/h3-6,14-17H,7-12H2,1-2H3,(H2,21,22,23). The Morgan fingerprint density at radius 1 is 1.09 bits per heavy atom. The van der Waals surface area contributed by atoms with E-state index in [2.05, 4.69) is 48.7 Å². The van der Waals surface area contributed by atoms with E-state index in [1.807, 2.05) is 0 Å². The summed E-state index contributed by atoms with van der Waals surface area (Å²) in [6, 6.07) is 8.81. The maximum absolute atomic E-state index is 5.60. The molecule has 2 N–H and O–H groups in total. The summed E-state index contributed by atoms with van der Waals surface area (Å²) in [6.45, 7) is 4.48. The maximum Gasteiger partial charge on any atom is 0.171 e. The SMILES string of the molecule is Cc1ccccc1NC(=S)NC(C)C12CC3CC(CC(C3)C1)C2. The summed E-state index contributed by atoms with van der Waals surface area (Å²) in [4.78, 5) is 0. The zero-order valence-electron chi connectivity index (χ0n) is 14.3. The molecule has 0 amide bonds. The lowest BCUT2D eigenvalue weighted by Gasteiger charge is -2.59. The molecule has 5 rings (SSSR count). The topological polar surface area (TPSA) is 24.1 Å². The molecule has 4 saturated carbocycles. The van der Waals surface area contributed by atoms with Crippen molar-refractivity contribution in [2.45, 2.75) is 58.4 Å². The Bertz CT molecular complexity index is 574. The third-order valence-corrected chi connectivity index (χ3v) is 6.96. The molecule has 1 aromatic carbocycles. The summed E-state index contributed by atoms with van der Waals surface area (Å²) in [7, 11) is 0. The summed E-state index contributed by atoms with van der Waals surface area (Å²) in [5, 5.41) is 7.81. The molecular formula is C20H28N2S. The van der Waals surface area contributed by atoms with Crippen LogP contribution in [-0.2, 0) is 0 Å². The van der Waals surface area contributed by atoms with Gasteiger partial charge in [0, 0.05) is 11.7 Å². The van der Waals surface area contributed by atoms with Gasteiger partial charge in [0.05, 0.1) is 0 Å². The number of hydrogen-bond acceptors (Lipinski definition) is 1. The largest absolute Gasteiger partial charge is 0.359 e. The number of nitrogens with one attached hydrogen (secondary N) is 2. The van der Waals surface area contributed by atoms with E-state index in [0.717, 1.165) is 28.6 Å². The van der Waals surface area contributed by atoms with Crippen molar-refractivity contribution < 1.29 is 0 Å². The van der Waals surface area contributed by atoms with E-state index in [1.165, 1.54) is 44.1 Å². The van der Waals surface area contributed by atoms with E-state index in [9.17, 15) is 0 Å². The lowest BCUT2D eigenvalue weighted by atomic mass is 9.48. The van der Waals surface area contributed by atoms with E-state index in [-0.39, 0.29) is 0 Å². The average Bonchev–Trinajstić information content (AvgIpc) is 2.48.